The molecule has 2 rings (SSSR count). The van der Waals surface area contributed by atoms with E-state index in [1.165, 1.54) is 5.56 Å². The first-order chi connectivity index (χ1) is 8.85. The van der Waals surface area contributed by atoms with Crippen LogP contribution in [0.1, 0.15) is 31.4 Å². The van der Waals surface area contributed by atoms with Gasteiger partial charge in [0.15, 0.2) is 0 Å². The van der Waals surface area contributed by atoms with Gasteiger partial charge in [0.1, 0.15) is 18.1 Å². The minimum Gasteiger partial charge on any atom is -0.493 e. The summed E-state index contributed by atoms with van der Waals surface area (Å²) in [6, 6.07) is 6.25. The SMILES string of the molecule is CCCNC1COc2cc(OCCCO)ccc21. The molecular formula is C14H21NO3. The topological polar surface area (TPSA) is 50.7 Å². The molecule has 100 valence electrons. The fourth-order valence-electron chi connectivity index (χ4n) is 2.02. The zero-order chi connectivity index (χ0) is 12.8. The monoisotopic (exact) mass is 251 g/mol. The van der Waals surface area contributed by atoms with Gasteiger partial charge in [-0.25, -0.2) is 0 Å². The molecule has 4 nitrogen and oxygen atoms in total. The molecule has 1 aromatic rings. The van der Waals surface area contributed by atoms with Crippen molar-refractivity contribution in [2.45, 2.75) is 25.8 Å². The second-order valence-corrected chi connectivity index (χ2v) is 4.44. The maximum atomic E-state index is 8.70. The Hall–Kier alpha value is -1.26. The Balaban J connectivity index is 1.96. The van der Waals surface area contributed by atoms with E-state index in [1.54, 1.807) is 0 Å². The maximum Gasteiger partial charge on any atom is 0.127 e. The normalized spacial score (nSPS) is 17.3. The number of hydrogen-bond acceptors (Lipinski definition) is 4. The van der Waals surface area contributed by atoms with E-state index in [2.05, 4.69) is 18.3 Å². The summed E-state index contributed by atoms with van der Waals surface area (Å²) in [5.74, 6) is 1.71. The Bertz CT molecular complexity index is 381. The maximum absolute atomic E-state index is 8.70. The van der Waals surface area contributed by atoms with Crippen LogP contribution in [0, 0.1) is 0 Å². The molecule has 1 atom stereocenters. The first kappa shape index (κ1) is 13.2. The van der Waals surface area contributed by atoms with E-state index in [4.69, 9.17) is 14.6 Å². The van der Waals surface area contributed by atoms with Gasteiger partial charge >= 0.3 is 0 Å². The van der Waals surface area contributed by atoms with Crippen LogP contribution in [-0.2, 0) is 0 Å². The van der Waals surface area contributed by atoms with Crippen molar-refractivity contribution in [3.05, 3.63) is 23.8 Å². The van der Waals surface area contributed by atoms with E-state index in [0.29, 0.717) is 25.7 Å². The molecule has 0 aromatic heterocycles. The largest absolute Gasteiger partial charge is 0.493 e. The lowest BCUT2D eigenvalue weighted by molar-refractivity contribution is 0.233. The van der Waals surface area contributed by atoms with Gasteiger partial charge in [0, 0.05) is 24.7 Å². The summed E-state index contributed by atoms with van der Waals surface area (Å²) in [6.07, 6.45) is 1.77. The molecule has 0 spiro atoms. The Labute approximate surface area is 108 Å². The summed E-state index contributed by atoms with van der Waals surface area (Å²) in [5, 5.41) is 12.2. The standard InChI is InChI=1S/C14H21NO3/c1-2-6-15-13-10-18-14-9-11(4-5-12(13)14)17-8-3-7-16/h4-5,9,13,15-16H,2-3,6-8,10H2,1H3. The molecule has 2 N–H and O–H groups in total. The highest BCUT2D eigenvalue weighted by molar-refractivity contribution is 5.45. The fraction of sp³-hybridized carbons (Fsp3) is 0.571. The minimum absolute atomic E-state index is 0.157. The van der Waals surface area contributed by atoms with Crippen LogP contribution in [0.5, 0.6) is 11.5 Å². The Morgan fingerprint density at radius 1 is 1.50 bits per heavy atom. The molecule has 0 fully saturated rings. The molecule has 1 aliphatic rings. The molecule has 0 bridgehead atoms. The second-order valence-electron chi connectivity index (χ2n) is 4.44. The lowest BCUT2D eigenvalue weighted by Gasteiger charge is -2.10. The summed E-state index contributed by atoms with van der Waals surface area (Å²) >= 11 is 0. The zero-order valence-electron chi connectivity index (χ0n) is 10.8. The van der Waals surface area contributed by atoms with Crippen LogP contribution in [0.2, 0.25) is 0 Å². The van der Waals surface area contributed by atoms with E-state index in [-0.39, 0.29) is 6.61 Å². The number of benzene rings is 1. The van der Waals surface area contributed by atoms with E-state index < -0.39 is 0 Å². The first-order valence-corrected chi connectivity index (χ1v) is 6.59. The van der Waals surface area contributed by atoms with Crippen LogP contribution < -0.4 is 14.8 Å². The molecule has 1 unspecified atom stereocenters. The molecule has 18 heavy (non-hydrogen) atoms. The first-order valence-electron chi connectivity index (χ1n) is 6.59. The van der Waals surface area contributed by atoms with Gasteiger partial charge in [-0.1, -0.05) is 6.92 Å². The average molecular weight is 251 g/mol. The lowest BCUT2D eigenvalue weighted by Crippen LogP contribution is -2.22. The third-order valence-electron chi connectivity index (χ3n) is 2.98. The van der Waals surface area contributed by atoms with Crippen LogP contribution in [-0.4, -0.2) is 31.5 Å². The van der Waals surface area contributed by atoms with Gasteiger partial charge in [0.25, 0.3) is 0 Å². The van der Waals surface area contributed by atoms with E-state index in [9.17, 15) is 0 Å². The van der Waals surface area contributed by atoms with Crippen molar-refractivity contribution in [2.24, 2.45) is 0 Å². The summed E-state index contributed by atoms with van der Waals surface area (Å²) in [7, 11) is 0. The summed E-state index contributed by atoms with van der Waals surface area (Å²) in [5.41, 5.74) is 1.21. The van der Waals surface area contributed by atoms with Gasteiger partial charge < -0.3 is 19.9 Å². The van der Waals surface area contributed by atoms with Gasteiger partial charge in [0.05, 0.1) is 12.6 Å². The number of fused-ring (bicyclic) bond motifs is 1. The molecule has 0 saturated heterocycles. The molecule has 0 amide bonds. The Morgan fingerprint density at radius 2 is 2.39 bits per heavy atom. The predicted octanol–water partition coefficient (Wildman–Crippen LogP) is 1.88. The van der Waals surface area contributed by atoms with Crippen molar-refractivity contribution in [1.29, 1.82) is 0 Å². The Kier molecular flexibility index (Phi) is 4.84. The summed E-state index contributed by atoms with van der Waals surface area (Å²) < 4.78 is 11.2. The predicted molar refractivity (Wildman–Crippen MR) is 70.2 cm³/mol. The third-order valence-corrected chi connectivity index (χ3v) is 2.98. The third kappa shape index (κ3) is 3.15. The van der Waals surface area contributed by atoms with Gasteiger partial charge in [-0.05, 0) is 25.1 Å². The van der Waals surface area contributed by atoms with Crippen molar-refractivity contribution in [3.8, 4) is 11.5 Å². The second kappa shape index (κ2) is 6.61. The zero-order valence-corrected chi connectivity index (χ0v) is 10.8. The molecule has 1 aromatic carbocycles. The molecule has 0 aliphatic carbocycles. The summed E-state index contributed by atoms with van der Waals surface area (Å²) in [6.45, 7) is 4.54. The number of aliphatic hydroxyl groups excluding tert-OH is 1. The molecule has 4 heteroatoms. The minimum atomic E-state index is 0.157. The molecule has 1 aliphatic heterocycles. The van der Waals surface area contributed by atoms with Crippen LogP contribution in [0.15, 0.2) is 18.2 Å². The lowest BCUT2D eigenvalue weighted by atomic mass is 10.1. The number of ether oxygens (including phenoxy) is 2. The fourth-order valence-corrected chi connectivity index (χ4v) is 2.02. The van der Waals surface area contributed by atoms with Gasteiger partial charge in [-0.15, -0.1) is 0 Å². The van der Waals surface area contributed by atoms with Crippen LogP contribution in [0.25, 0.3) is 0 Å². The summed E-state index contributed by atoms with van der Waals surface area (Å²) in [4.78, 5) is 0. The molecule has 1 heterocycles. The number of nitrogens with one attached hydrogen (secondary N) is 1. The van der Waals surface area contributed by atoms with E-state index in [0.717, 1.165) is 24.5 Å². The molecule has 0 radical (unpaired) electrons. The van der Waals surface area contributed by atoms with Gasteiger partial charge in [-0.2, -0.15) is 0 Å². The van der Waals surface area contributed by atoms with Crippen LogP contribution >= 0.6 is 0 Å². The average Bonchev–Trinajstić information content (AvgIpc) is 2.79. The van der Waals surface area contributed by atoms with Gasteiger partial charge in [-0.3, -0.25) is 0 Å². The van der Waals surface area contributed by atoms with Crippen LogP contribution in [0.3, 0.4) is 0 Å². The molecule has 0 saturated carbocycles. The highest BCUT2D eigenvalue weighted by atomic mass is 16.5. The highest BCUT2D eigenvalue weighted by Crippen LogP contribution is 2.35. The number of aliphatic hydroxyl groups is 1. The number of hydrogen-bond donors (Lipinski definition) is 2. The number of rotatable bonds is 7. The van der Waals surface area contributed by atoms with Crippen molar-refractivity contribution in [3.63, 3.8) is 0 Å². The van der Waals surface area contributed by atoms with E-state index in [1.807, 2.05) is 12.1 Å². The Morgan fingerprint density at radius 3 is 3.17 bits per heavy atom. The van der Waals surface area contributed by atoms with Crippen molar-refractivity contribution in [2.75, 3.05) is 26.4 Å². The van der Waals surface area contributed by atoms with Crippen molar-refractivity contribution in [1.82, 2.24) is 5.32 Å². The van der Waals surface area contributed by atoms with Gasteiger partial charge in [0.2, 0.25) is 0 Å². The smallest absolute Gasteiger partial charge is 0.127 e. The van der Waals surface area contributed by atoms with Crippen LogP contribution in [0.4, 0.5) is 0 Å². The van der Waals surface area contributed by atoms with Crippen molar-refractivity contribution < 1.29 is 14.6 Å². The quantitative estimate of drug-likeness (QED) is 0.727. The van der Waals surface area contributed by atoms with E-state index >= 15 is 0 Å². The molecular weight excluding hydrogens is 230 g/mol. The van der Waals surface area contributed by atoms with Crippen molar-refractivity contribution >= 4 is 0 Å². The highest BCUT2D eigenvalue weighted by Gasteiger charge is 2.23.